The third-order valence-corrected chi connectivity index (χ3v) is 2.59. The van der Waals surface area contributed by atoms with Crippen molar-refractivity contribution in [3.63, 3.8) is 0 Å². The van der Waals surface area contributed by atoms with Crippen LogP contribution in [0.25, 0.3) is 0 Å². The number of amides is 4. The lowest BCUT2D eigenvalue weighted by Gasteiger charge is -2.13. The maximum atomic E-state index is 11.5. The fraction of sp³-hybridized carbons (Fsp3) is 0.727. The molecule has 0 aromatic carbocycles. The molecule has 1 rings (SSSR count). The molecule has 0 aromatic heterocycles. The van der Waals surface area contributed by atoms with E-state index in [1.54, 1.807) is 7.05 Å². The Bertz CT molecular complexity index is 317. The molecule has 0 bridgehead atoms. The average Bonchev–Trinajstić information content (AvgIpc) is 2.53. The van der Waals surface area contributed by atoms with Gasteiger partial charge in [0.2, 0.25) is 11.8 Å². The lowest BCUT2D eigenvalue weighted by atomic mass is 10.2. The second kappa shape index (κ2) is 6.22. The molecule has 4 amide bonds. The van der Waals surface area contributed by atoms with E-state index in [9.17, 15) is 14.4 Å². The van der Waals surface area contributed by atoms with Gasteiger partial charge in [-0.2, -0.15) is 0 Å². The van der Waals surface area contributed by atoms with E-state index in [1.807, 2.05) is 6.92 Å². The first-order valence-electron chi connectivity index (χ1n) is 5.88. The number of hydrogen-bond acceptors (Lipinski definition) is 3. The highest BCUT2D eigenvalue weighted by atomic mass is 16.2. The summed E-state index contributed by atoms with van der Waals surface area (Å²) in [5, 5.41) is 2.75. The van der Waals surface area contributed by atoms with Crippen molar-refractivity contribution in [2.24, 2.45) is 0 Å². The second-order valence-corrected chi connectivity index (χ2v) is 4.14. The average molecular weight is 241 g/mol. The van der Waals surface area contributed by atoms with E-state index in [-0.39, 0.29) is 24.4 Å². The van der Waals surface area contributed by atoms with Gasteiger partial charge in [-0.1, -0.05) is 6.92 Å². The van der Waals surface area contributed by atoms with E-state index in [2.05, 4.69) is 5.32 Å². The Morgan fingerprint density at radius 2 is 2.12 bits per heavy atom. The minimum absolute atomic E-state index is 0.0284. The minimum Gasteiger partial charge on any atom is -0.356 e. The van der Waals surface area contributed by atoms with Crippen molar-refractivity contribution in [1.29, 1.82) is 0 Å². The SMILES string of the molecule is CCCNC(=O)CCCN1C(=O)CN(C)C1=O. The maximum absolute atomic E-state index is 11.5. The topological polar surface area (TPSA) is 69.7 Å². The van der Waals surface area contributed by atoms with Crippen molar-refractivity contribution >= 4 is 17.8 Å². The lowest BCUT2D eigenvalue weighted by Crippen LogP contribution is -2.33. The molecule has 1 saturated heterocycles. The minimum atomic E-state index is -0.274. The summed E-state index contributed by atoms with van der Waals surface area (Å²) in [4.78, 5) is 36.8. The molecule has 6 heteroatoms. The van der Waals surface area contributed by atoms with Crippen LogP contribution in [0.5, 0.6) is 0 Å². The standard InChI is InChI=1S/C11H19N3O3/c1-3-6-12-9(15)5-4-7-14-10(16)8-13(2)11(14)17/h3-8H2,1-2H3,(H,12,15). The predicted molar refractivity (Wildman–Crippen MR) is 62.3 cm³/mol. The molecule has 0 atom stereocenters. The highest BCUT2D eigenvalue weighted by Gasteiger charge is 2.32. The molecule has 1 fully saturated rings. The summed E-state index contributed by atoms with van der Waals surface area (Å²) in [6, 6.07) is -0.274. The number of nitrogens with one attached hydrogen (secondary N) is 1. The van der Waals surface area contributed by atoms with Crippen molar-refractivity contribution in [3.05, 3.63) is 0 Å². The summed E-state index contributed by atoms with van der Waals surface area (Å²) in [5.41, 5.74) is 0. The molecule has 0 aliphatic carbocycles. The second-order valence-electron chi connectivity index (χ2n) is 4.14. The molecule has 1 aliphatic heterocycles. The Kier molecular flexibility index (Phi) is 4.93. The van der Waals surface area contributed by atoms with Crippen LogP contribution in [-0.4, -0.2) is 54.3 Å². The van der Waals surface area contributed by atoms with E-state index >= 15 is 0 Å². The van der Waals surface area contributed by atoms with E-state index in [0.717, 1.165) is 6.42 Å². The Morgan fingerprint density at radius 1 is 1.41 bits per heavy atom. The van der Waals surface area contributed by atoms with Gasteiger partial charge in [-0.15, -0.1) is 0 Å². The van der Waals surface area contributed by atoms with Gasteiger partial charge in [0.25, 0.3) is 0 Å². The molecule has 6 nitrogen and oxygen atoms in total. The Balaban J connectivity index is 2.25. The van der Waals surface area contributed by atoms with Crippen molar-refractivity contribution in [2.75, 3.05) is 26.7 Å². The number of rotatable bonds is 6. The number of nitrogens with zero attached hydrogens (tertiary/aromatic N) is 2. The normalized spacial score (nSPS) is 15.6. The number of carbonyl (C=O) groups is 3. The molecule has 1 heterocycles. The highest BCUT2D eigenvalue weighted by Crippen LogP contribution is 2.08. The molecular formula is C11H19N3O3. The molecule has 0 radical (unpaired) electrons. The number of carbonyl (C=O) groups excluding carboxylic acids is 3. The van der Waals surface area contributed by atoms with Gasteiger partial charge < -0.3 is 10.2 Å². The molecule has 0 unspecified atom stereocenters. The van der Waals surface area contributed by atoms with Gasteiger partial charge in [-0.25, -0.2) is 4.79 Å². The summed E-state index contributed by atoms with van der Waals surface area (Å²) >= 11 is 0. The van der Waals surface area contributed by atoms with E-state index in [0.29, 0.717) is 25.9 Å². The maximum Gasteiger partial charge on any atom is 0.326 e. The number of likely N-dealkylation sites (N-methyl/N-ethyl adjacent to an activating group) is 1. The van der Waals surface area contributed by atoms with Crippen LogP contribution < -0.4 is 5.32 Å². The van der Waals surface area contributed by atoms with Crippen LogP contribution in [0.3, 0.4) is 0 Å². The molecular weight excluding hydrogens is 222 g/mol. The third-order valence-electron chi connectivity index (χ3n) is 2.59. The van der Waals surface area contributed by atoms with Crippen LogP contribution in [-0.2, 0) is 9.59 Å². The van der Waals surface area contributed by atoms with Gasteiger partial charge in [0.15, 0.2) is 0 Å². The van der Waals surface area contributed by atoms with Gasteiger partial charge in [-0.05, 0) is 12.8 Å². The molecule has 1 aliphatic rings. The van der Waals surface area contributed by atoms with E-state index in [1.165, 1.54) is 9.80 Å². The van der Waals surface area contributed by atoms with Crippen LogP contribution >= 0.6 is 0 Å². The van der Waals surface area contributed by atoms with Crippen molar-refractivity contribution in [3.8, 4) is 0 Å². The zero-order valence-electron chi connectivity index (χ0n) is 10.4. The van der Waals surface area contributed by atoms with E-state index < -0.39 is 0 Å². The van der Waals surface area contributed by atoms with Crippen molar-refractivity contribution in [1.82, 2.24) is 15.1 Å². The first-order chi connectivity index (χ1) is 8.06. The van der Waals surface area contributed by atoms with Crippen LogP contribution in [0.1, 0.15) is 26.2 Å². The number of imide groups is 1. The van der Waals surface area contributed by atoms with Gasteiger partial charge in [0, 0.05) is 26.6 Å². The summed E-state index contributed by atoms with van der Waals surface area (Å²) in [6.07, 6.45) is 1.77. The zero-order valence-corrected chi connectivity index (χ0v) is 10.4. The monoisotopic (exact) mass is 241 g/mol. The zero-order chi connectivity index (χ0) is 12.8. The van der Waals surface area contributed by atoms with Crippen LogP contribution in [0.15, 0.2) is 0 Å². The molecule has 0 aromatic rings. The fourth-order valence-corrected chi connectivity index (χ4v) is 1.64. The molecule has 0 spiro atoms. The first-order valence-corrected chi connectivity index (χ1v) is 5.88. The van der Waals surface area contributed by atoms with Crippen LogP contribution in [0.2, 0.25) is 0 Å². The molecule has 0 saturated carbocycles. The quantitative estimate of drug-likeness (QED) is 0.675. The fourth-order valence-electron chi connectivity index (χ4n) is 1.64. The summed E-state index contributed by atoms with van der Waals surface area (Å²) in [5.74, 6) is -0.217. The van der Waals surface area contributed by atoms with Gasteiger partial charge in [-0.3, -0.25) is 14.5 Å². The predicted octanol–water partition coefficient (Wildman–Crippen LogP) is 0.187. The Hall–Kier alpha value is -1.59. The summed E-state index contributed by atoms with van der Waals surface area (Å²) in [6.45, 7) is 3.11. The Labute approximate surface area is 101 Å². The van der Waals surface area contributed by atoms with Gasteiger partial charge >= 0.3 is 6.03 Å². The largest absolute Gasteiger partial charge is 0.356 e. The molecule has 96 valence electrons. The molecule has 1 N–H and O–H groups in total. The van der Waals surface area contributed by atoms with Crippen molar-refractivity contribution in [2.45, 2.75) is 26.2 Å². The third kappa shape index (κ3) is 3.72. The van der Waals surface area contributed by atoms with E-state index in [4.69, 9.17) is 0 Å². The first kappa shape index (κ1) is 13.5. The lowest BCUT2D eigenvalue weighted by molar-refractivity contribution is -0.126. The summed E-state index contributed by atoms with van der Waals surface area (Å²) < 4.78 is 0. The van der Waals surface area contributed by atoms with Gasteiger partial charge in [0.05, 0.1) is 0 Å². The van der Waals surface area contributed by atoms with Crippen LogP contribution in [0.4, 0.5) is 4.79 Å². The summed E-state index contributed by atoms with van der Waals surface area (Å²) in [7, 11) is 1.59. The number of urea groups is 1. The Morgan fingerprint density at radius 3 is 2.65 bits per heavy atom. The van der Waals surface area contributed by atoms with Gasteiger partial charge in [0.1, 0.15) is 6.54 Å². The molecule has 17 heavy (non-hydrogen) atoms. The smallest absolute Gasteiger partial charge is 0.326 e. The highest BCUT2D eigenvalue weighted by molar-refractivity contribution is 6.01. The van der Waals surface area contributed by atoms with Crippen LogP contribution in [0, 0.1) is 0 Å². The number of hydrogen-bond donors (Lipinski definition) is 1. The van der Waals surface area contributed by atoms with Crippen molar-refractivity contribution < 1.29 is 14.4 Å².